The number of hydrogen-bond donors (Lipinski definition) is 0. The van der Waals surface area contributed by atoms with E-state index >= 15 is 0 Å². The molecule has 7 aromatic carbocycles. The van der Waals surface area contributed by atoms with Crippen LogP contribution in [0, 0.1) is 0 Å². The lowest BCUT2D eigenvalue weighted by Gasteiger charge is -2.26. The molecule has 2 aromatic heterocycles. The summed E-state index contributed by atoms with van der Waals surface area (Å²) in [4.78, 5) is 2.35. The number of anilines is 3. The standard InChI is InChI=1S/C42H27BrN2S.H2S/c43-38-17-9-7-15-33(38)28-19-21-31(22-20-28)44(29-11-3-1-4-12-29)32-23-24-34-36-26-37-35-16-8-10-18-41(35)46-42(37)27-40(36)45(39(34)25-32)30-13-5-2-6-14-30;/h1-27H;1H2. The maximum Gasteiger partial charge on any atom is 0.0561 e. The first-order valence-electron chi connectivity index (χ1n) is 15.4. The number of para-hydroxylation sites is 2. The molecule has 0 aliphatic heterocycles. The summed E-state index contributed by atoms with van der Waals surface area (Å²) in [6.07, 6.45) is 0. The van der Waals surface area contributed by atoms with E-state index in [1.165, 1.54) is 53.1 Å². The van der Waals surface area contributed by atoms with E-state index in [9.17, 15) is 0 Å². The summed E-state index contributed by atoms with van der Waals surface area (Å²) in [6.45, 7) is 0. The van der Waals surface area contributed by atoms with Gasteiger partial charge >= 0.3 is 0 Å². The maximum absolute atomic E-state index is 3.73. The summed E-state index contributed by atoms with van der Waals surface area (Å²) in [5.74, 6) is 0. The zero-order chi connectivity index (χ0) is 30.6. The summed E-state index contributed by atoms with van der Waals surface area (Å²) in [7, 11) is 0. The lowest BCUT2D eigenvalue weighted by atomic mass is 10.0. The highest BCUT2D eigenvalue weighted by molar-refractivity contribution is 9.10. The summed E-state index contributed by atoms with van der Waals surface area (Å²) >= 11 is 5.60. The Morgan fingerprint density at radius 3 is 1.89 bits per heavy atom. The molecule has 2 nitrogen and oxygen atoms in total. The number of hydrogen-bond acceptors (Lipinski definition) is 2. The van der Waals surface area contributed by atoms with Crippen molar-refractivity contribution in [2.75, 3.05) is 4.90 Å². The molecule has 0 saturated heterocycles. The van der Waals surface area contributed by atoms with Crippen LogP contribution in [0.2, 0.25) is 0 Å². The summed E-state index contributed by atoms with van der Waals surface area (Å²) < 4.78 is 6.16. The van der Waals surface area contributed by atoms with Crippen molar-refractivity contribution in [3.05, 3.63) is 168 Å². The number of benzene rings is 7. The highest BCUT2D eigenvalue weighted by Gasteiger charge is 2.19. The van der Waals surface area contributed by atoms with Crippen molar-refractivity contribution < 1.29 is 0 Å². The molecule has 9 aromatic rings. The van der Waals surface area contributed by atoms with Crippen LogP contribution in [0.5, 0.6) is 0 Å². The van der Waals surface area contributed by atoms with Gasteiger partial charge in [-0.05, 0) is 83.9 Å². The second-order valence-corrected chi connectivity index (χ2v) is 13.5. The molecule has 9 rings (SSSR count). The van der Waals surface area contributed by atoms with E-state index in [2.05, 4.69) is 189 Å². The smallest absolute Gasteiger partial charge is 0.0561 e. The minimum atomic E-state index is 0. The molecule has 0 aliphatic carbocycles. The quantitative estimate of drug-likeness (QED) is 0.173. The second kappa shape index (κ2) is 12.1. The van der Waals surface area contributed by atoms with Gasteiger partial charge in [0.15, 0.2) is 0 Å². The third kappa shape index (κ3) is 5.03. The van der Waals surface area contributed by atoms with Gasteiger partial charge < -0.3 is 9.47 Å². The Balaban J connectivity index is 0.00000324. The molecule has 0 saturated carbocycles. The van der Waals surface area contributed by atoms with Gasteiger partial charge in [-0.1, -0.05) is 107 Å². The molecule has 5 heteroatoms. The van der Waals surface area contributed by atoms with Crippen LogP contribution < -0.4 is 4.90 Å². The van der Waals surface area contributed by atoms with Crippen LogP contribution >= 0.6 is 40.8 Å². The molecule has 0 N–H and O–H groups in total. The molecular weight excluding hydrogens is 677 g/mol. The summed E-state index contributed by atoms with van der Waals surface area (Å²) in [5.41, 5.74) is 9.26. The van der Waals surface area contributed by atoms with Crippen molar-refractivity contribution in [2.24, 2.45) is 0 Å². The van der Waals surface area contributed by atoms with Crippen molar-refractivity contribution in [3.8, 4) is 16.8 Å². The van der Waals surface area contributed by atoms with Gasteiger partial charge in [-0.2, -0.15) is 13.5 Å². The molecule has 0 amide bonds. The monoisotopic (exact) mass is 704 g/mol. The van der Waals surface area contributed by atoms with Crippen LogP contribution in [0.25, 0.3) is 58.8 Å². The van der Waals surface area contributed by atoms with E-state index < -0.39 is 0 Å². The SMILES string of the molecule is Brc1ccccc1-c1ccc(N(c2ccccc2)c2ccc3c4cc5c(cc4n(-c4ccccc4)c3c2)sc2ccccc25)cc1.S. The average Bonchev–Trinajstić information content (AvgIpc) is 3.63. The number of rotatable bonds is 5. The van der Waals surface area contributed by atoms with E-state index in [4.69, 9.17) is 0 Å². The molecular formula is C42H29BrN2S2. The minimum absolute atomic E-state index is 0. The summed E-state index contributed by atoms with van der Waals surface area (Å²) in [6, 6.07) is 59.1. The van der Waals surface area contributed by atoms with Crippen LogP contribution in [-0.2, 0) is 0 Å². The molecule has 0 atom stereocenters. The second-order valence-electron chi connectivity index (χ2n) is 11.5. The van der Waals surface area contributed by atoms with Gasteiger partial charge in [-0.3, -0.25) is 0 Å². The zero-order valence-electron chi connectivity index (χ0n) is 25.3. The van der Waals surface area contributed by atoms with Crippen molar-refractivity contribution in [1.29, 1.82) is 0 Å². The van der Waals surface area contributed by atoms with Gasteiger partial charge in [0, 0.05) is 58.2 Å². The van der Waals surface area contributed by atoms with Gasteiger partial charge in [0.25, 0.3) is 0 Å². The molecule has 0 fully saturated rings. The maximum atomic E-state index is 3.73. The van der Waals surface area contributed by atoms with E-state index in [-0.39, 0.29) is 13.5 Å². The number of halogens is 1. The van der Waals surface area contributed by atoms with Crippen molar-refractivity contribution in [1.82, 2.24) is 4.57 Å². The van der Waals surface area contributed by atoms with Crippen LogP contribution in [0.4, 0.5) is 17.1 Å². The average molecular weight is 706 g/mol. The predicted octanol–water partition coefficient (Wildman–Crippen LogP) is 13.2. The Morgan fingerprint density at radius 1 is 0.468 bits per heavy atom. The Kier molecular flexibility index (Phi) is 7.61. The van der Waals surface area contributed by atoms with E-state index in [0.29, 0.717) is 0 Å². The van der Waals surface area contributed by atoms with Gasteiger partial charge in [-0.25, -0.2) is 0 Å². The van der Waals surface area contributed by atoms with Crippen LogP contribution in [0.1, 0.15) is 0 Å². The molecule has 0 unspecified atom stereocenters. The van der Waals surface area contributed by atoms with Gasteiger partial charge in [0.05, 0.1) is 11.0 Å². The van der Waals surface area contributed by atoms with Crippen LogP contribution in [0.3, 0.4) is 0 Å². The number of fused-ring (bicyclic) bond motifs is 6. The first kappa shape index (κ1) is 29.6. The van der Waals surface area contributed by atoms with Crippen molar-refractivity contribution >= 4 is 99.8 Å². The Bertz CT molecular complexity index is 2540. The number of thiophene rings is 1. The first-order valence-corrected chi connectivity index (χ1v) is 17.0. The van der Waals surface area contributed by atoms with Gasteiger partial charge in [0.1, 0.15) is 0 Å². The first-order chi connectivity index (χ1) is 22.7. The predicted molar refractivity (Wildman–Crippen MR) is 212 cm³/mol. The molecule has 0 spiro atoms. The fourth-order valence-electron chi connectivity index (χ4n) is 6.73. The Hall–Kier alpha value is -4.81. The zero-order valence-corrected chi connectivity index (χ0v) is 28.7. The normalized spacial score (nSPS) is 11.3. The Labute approximate surface area is 292 Å². The van der Waals surface area contributed by atoms with E-state index in [1.54, 1.807) is 0 Å². The largest absolute Gasteiger partial charge is 0.310 e. The van der Waals surface area contributed by atoms with Gasteiger partial charge in [-0.15, -0.1) is 11.3 Å². The number of aromatic nitrogens is 1. The lowest BCUT2D eigenvalue weighted by Crippen LogP contribution is -2.10. The third-order valence-corrected chi connectivity index (χ3v) is 10.7. The lowest BCUT2D eigenvalue weighted by molar-refractivity contribution is 1.18. The molecule has 0 radical (unpaired) electrons. The van der Waals surface area contributed by atoms with E-state index in [1.807, 2.05) is 11.3 Å². The van der Waals surface area contributed by atoms with E-state index in [0.717, 1.165) is 27.2 Å². The van der Waals surface area contributed by atoms with Gasteiger partial charge in [0.2, 0.25) is 0 Å². The molecule has 0 aliphatic rings. The van der Waals surface area contributed by atoms with Crippen LogP contribution in [-0.4, -0.2) is 4.57 Å². The highest BCUT2D eigenvalue weighted by atomic mass is 79.9. The molecule has 47 heavy (non-hydrogen) atoms. The van der Waals surface area contributed by atoms with Crippen molar-refractivity contribution in [2.45, 2.75) is 0 Å². The fraction of sp³-hybridized carbons (Fsp3) is 0. The fourth-order valence-corrected chi connectivity index (χ4v) is 8.36. The Morgan fingerprint density at radius 2 is 1.11 bits per heavy atom. The molecule has 226 valence electrons. The third-order valence-electron chi connectivity index (χ3n) is 8.85. The minimum Gasteiger partial charge on any atom is -0.310 e. The van der Waals surface area contributed by atoms with Crippen molar-refractivity contribution in [3.63, 3.8) is 0 Å². The summed E-state index contributed by atoms with van der Waals surface area (Å²) in [5, 5.41) is 5.16. The molecule has 0 bridgehead atoms. The number of nitrogens with zero attached hydrogens (tertiary/aromatic N) is 2. The topological polar surface area (TPSA) is 8.17 Å². The van der Waals surface area contributed by atoms with Crippen LogP contribution in [0.15, 0.2) is 168 Å². The highest BCUT2D eigenvalue weighted by Crippen LogP contribution is 2.43. The molecule has 2 heterocycles.